The van der Waals surface area contributed by atoms with Gasteiger partial charge >= 0.3 is 0 Å². The fourth-order valence-electron chi connectivity index (χ4n) is 1.92. The van der Waals surface area contributed by atoms with Crippen LogP contribution in [-0.4, -0.2) is 5.54 Å². The van der Waals surface area contributed by atoms with Crippen LogP contribution in [-0.2, 0) is 0 Å². The highest BCUT2D eigenvalue weighted by Crippen LogP contribution is 2.32. The van der Waals surface area contributed by atoms with Crippen LogP contribution in [0, 0.1) is 4.91 Å². The second kappa shape index (κ2) is 6.14. The van der Waals surface area contributed by atoms with E-state index >= 15 is 0 Å². The Morgan fingerprint density at radius 3 is 2.19 bits per heavy atom. The number of anilines is 3. The van der Waals surface area contributed by atoms with Gasteiger partial charge in [-0.3, -0.25) is 0 Å². The third-order valence-electron chi connectivity index (χ3n) is 2.74. The Kier molecular flexibility index (Phi) is 4.48. The molecule has 2 aromatic rings. The summed E-state index contributed by atoms with van der Waals surface area (Å²) in [5.74, 6) is 0. The van der Waals surface area contributed by atoms with Crippen molar-refractivity contribution in [3.8, 4) is 0 Å². The summed E-state index contributed by atoms with van der Waals surface area (Å²) >= 11 is 5.86. The first-order valence-corrected chi connectivity index (χ1v) is 7.03. The molecule has 0 saturated carbocycles. The van der Waals surface area contributed by atoms with E-state index in [1.165, 1.54) is 0 Å². The number of nitrogens with zero attached hydrogens (tertiary/aromatic N) is 1. The molecule has 0 atom stereocenters. The maximum Gasteiger partial charge on any atom is 0.131 e. The second-order valence-electron chi connectivity index (χ2n) is 5.83. The number of hydrogen-bond acceptors (Lipinski definition) is 4. The van der Waals surface area contributed by atoms with Gasteiger partial charge in [0.15, 0.2) is 0 Å². The predicted octanol–water partition coefficient (Wildman–Crippen LogP) is 5.69. The molecular weight excluding hydrogens is 286 g/mol. The van der Waals surface area contributed by atoms with E-state index in [0.717, 1.165) is 11.4 Å². The lowest BCUT2D eigenvalue weighted by Gasteiger charge is -2.23. The lowest BCUT2D eigenvalue weighted by atomic mass is 10.1. The standard InChI is InChI=1S/C16H18ClN3O/c1-16(2,3)19-13-8-9-14(20-21)15(10-13)18-12-6-4-11(17)5-7-12/h4-10,18-19H,1-3H3. The summed E-state index contributed by atoms with van der Waals surface area (Å²) in [6.07, 6.45) is 0. The summed E-state index contributed by atoms with van der Waals surface area (Å²) in [7, 11) is 0. The Morgan fingerprint density at radius 2 is 1.62 bits per heavy atom. The quantitative estimate of drug-likeness (QED) is 0.713. The molecule has 0 fully saturated rings. The van der Waals surface area contributed by atoms with Crippen molar-refractivity contribution in [3.63, 3.8) is 0 Å². The molecule has 0 aromatic heterocycles. The van der Waals surface area contributed by atoms with Gasteiger partial charge in [0.05, 0.1) is 5.69 Å². The van der Waals surface area contributed by atoms with E-state index in [4.69, 9.17) is 11.6 Å². The average Bonchev–Trinajstić information content (AvgIpc) is 2.40. The fraction of sp³-hybridized carbons (Fsp3) is 0.250. The first-order chi connectivity index (χ1) is 9.87. The van der Waals surface area contributed by atoms with Crippen LogP contribution in [0.25, 0.3) is 0 Å². The Bertz CT molecular complexity index is 633. The van der Waals surface area contributed by atoms with Gasteiger partial charge in [0.2, 0.25) is 0 Å². The van der Waals surface area contributed by atoms with Gasteiger partial charge in [-0.05, 0) is 68.4 Å². The molecule has 21 heavy (non-hydrogen) atoms. The minimum atomic E-state index is -0.0618. The summed E-state index contributed by atoms with van der Waals surface area (Å²) in [6.45, 7) is 6.22. The molecule has 0 bridgehead atoms. The van der Waals surface area contributed by atoms with Crippen molar-refractivity contribution in [1.29, 1.82) is 0 Å². The highest BCUT2D eigenvalue weighted by molar-refractivity contribution is 6.30. The molecule has 0 radical (unpaired) electrons. The zero-order valence-corrected chi connectivity index (χ0v) is 13.0. The summed E-state index contributed by atoms with van der Waals surface area (Å²) in [5.41, 5.74) is 2.72. The highest BCUT2D eigenvalue weighted by atomic mass is 35.5. The van der Waals surface area contributed by atoms with Crippen molar-refractivity contribution in [1.82, 2.24) is 0 Å². The Labute approximate surface area is 129 Å². The molecule has 5 heteroatoms. The molecule has 0 amide bonds. The van der Waals surface area contributed by atoms with Gasteiger partial charge < -0.3 is 10.6 Å². The van der Waals surface area contributed by atoms with E-state index in [2.05, 4.69) is 36.6 Å². The molecule has 110 valence electrons. The zero-order chi connectivity index (χ0) is 15.5. The zero-order valence-electron chi connectivity index (χ0n) is 12.3. The van der Waals surface area contributed by atoms with E-state index in [1.807, 2.05) is 24.3 Å². The number of benzene rings is 2. The summed E-state index contributed by atoms with van der Waals surface area (Å²) < 4.78 is 0. The molecule has 0 aliphatic rings. The van der Waals surface area contributed by atoms with Crippen molar-refractivity contribution in [3.05, 3.63) is 52.4 Å². The Balaban J connectivity index is 2.29. The third kappa shape index (κ3) is 4.46. The first kappa shape index (κ1) is 15.3. The Hall–Kier alpha value is -2.07. The van der Waals surface area contributed by atoms with Gasteiger partial charge in [0.1, 0.15) is 5.69 Å². The van der Waals surface area contributed by atoms with Gasteiger partial charge in [0.25, 0.3) is 0 Å². The SMILES string of the molecule is CC(C)(C)Nc1ccc(N=O)c(Nc2ccc(Cl)cc2)c1. The van der Waals surface area contributed by atoms with E-state index in [9.17, 15) is 4.91 Å². The molecule has 4 nitrogen and oxygen atoms in total. The first-order valence-electron chi connectivity index (χ1n) is 6.65. The van der Waals surface area contributed by atoms with Crippen LogP contribution in [0.4, 0.5) is 22.7 Å². The second-order valence-corrected chi connectivity index (χ2v) is 6.27. The lowest BCUT2D eigenvalue weighted by molar-refractivity contribution is 0.634. The lowest BCUT2D eigenvalue weighted by Crippen LogP contribution is -2.25. The van der Waals surface area contributed by atoms with Gasteiger partial charge in [0, 0.05) is 21.9 Å². The topological polar surface area (TPSA) is 53.5 Å². The molecule has 0 aliphatic carbocycles. The molecule has 0 saturated heterocycles. The van der Waals surface area contributed by atoms with E-state index in [-0.39, 0.29) is 5.54 Å². The van der Waals surface area contributed by atoms with Crippen LogP contribution in [0.5, 0.6) is 0 Å². The third-order valence-corrected chi connectivity index (χ3v) is 2.99. The number of nitroso groups, excluding NO2 is 1. The number of hydrogen-bond donors (Lipinski definition) is 2. The number of halogens is 1. The van der Waals surface area contributed by atoms with Crippen molar-refractivity contribution in [2.75, 3.05) is 10.6 Å². The summed E-state index contributed by atoms with van der Waals surface area (Å²) in [5, 5.41) is 10.3. The van der Waals surface area contributed by atoms with Crippen LogP contribution >= 0.6 is 11.6 Å². The summed E-state index contributed by atoms with van der Waals surface area (Å²) in [4.78, 5) is 10.9. The molecular formula is C16H18ClN3O. The number of nitrogens with one attached hydrogen (secondary N) is 2. The molecule has 0 heterocycles. The maximum atomic E-state index is 10.9. The smallest absolute Gasteiger partial charge is 0.131 e. The van der Waals surface area contributed by atoms with Gasteiger partial charge in [-0.2, -0.15) is 0 Å². The van der Waals surface area contributed by atoms with Crippen LogP contribution < -0.4 is 10.6 Å². The molecule has 2 N–H and O–H groups in total. The van der Waals surface area contributed by atoms with Crippen molar-refractivity contribution >= 4 is 34.4 Å². The number of rotatable bonds is 4. The minimum absolute atomic E-state index is 0.0618. The molecule has 0 aliphatic heterocycles. The van der Waals surface area contributed by atoms with Crippen molar-refractivity contribution in [2.24, 2.45) is 5.18 Å². The van der Waals surface area contributed by atoms with Crippen molar-refractivity contribution < 1.29 is 0 Å². The Morgan fingerprint density at radius 1 is 1.00 bits per heavy atom. The fourth-order valence-corrected chi connectivity index (χ4v) is 2.04. The molecule has 2 aromatic carbocycles. The van der Waals surface area contributed by atoms with Gasteiger partial charge in [-0.1, -0.05) is 11.6 Å². The molecule has 0 spiro atoms. The predicted molar refractivity (Wildman–Crippen MR) is 90.0 cm³/mol. The maximum absolute atomic E-state index is 10.9. The van der Waals surface area contributed by atoms with Crippen LogP contribution in [0.3, 0.4) is 0 Å². The van der Waals surface area contributed by atoms with Crippen LogP contribution in [0.1, 0.15) is 20.8 Å². The normalized spacial score (nSPS) is 11.0. The summed E-state index contributed by atoms with van der Waals surface area (Å²) in [6, 6.07) is 12.7. The molecule has 2 rings (SSSR count). The van der Waals surface area contributed by atoms with E-state index in [1.54, 1.807) is 18.2 Å². The van der Waals surface area contributed by atoms with Gasteiger partial charge in [-0.15, -0.1) is 4.91 Å². The van der Waals surface area contributed by atoms with Gasteiger partial charge in [-0.25, -0.2) is 0 Å². The monoisotopic (exact) mass is 303 g/mol. The minimum Gasteiger partial charge on any atom is -0.380 e. The van der Waals surface area contributed by atoms with Crippen LogP contribution in [0.15, 0.2) is 47.6 Å². The largest absolute Gasteiger partial charge is 0.380 e. The van der Waals surface area contributed by atoms with E-state index < -0.39 is 0 Å². The van der Waals surface area contributed by atoms with Crippen LogP contribution in [0.2, 0.25) is 5.02 Å². The molecule has 0 unspecified atom stereocenters. The van der Waals surface area contributed by atoms with Crippen molar-refractivity contribution in [2.45, 2.75) is 26.3 Å². The average molecular weight is 304 g/mol. The van der Waals surface area contributed by atoms with E-state index in [0.29, 0.717) is 16.4 Å². The highest BCUT2D eigenvalue weighted by Gasteiger charge is 2.11.